The summed E-state index contributed by atoms with van der Waals surface area (Å²) in [6.45, 7) is 13.8. The molecule has 3 heterocycles. The summed E-state index contributed by atoms with van der Waals surface area (Å²) in [4.78, 5) is 14.0. The Morgan fingerprint density at radius 1 is 1.04 bits per heavy atom. The van der Waals surface area contributed by atoms with Crippen molar-refractivity contribution in [1.82, 2.24) is 19.4 Å². The number of ether oxygens (including phenoxy) is 1. The maximum Gasteiger partial charge on any atom is 0.231 e. The van der Waals surface area contributed by atoms with E-state index in [1.54, 1.807) is 14.2 Å². The van der Waals surface area contributed by atoms with Crippen LogP contribution >= 0.6 is 8.38 Å². The lowest BCUT2D eigenvalue weighted by molar-refractivity contribution is 0.0274. The van der Waals surface area contributed by atoms with Crippen LogP contribution in [0.1, 0.15) is 26.7 Å². The van der Waals surface area contributed by atoms with E-state index in [1.165, 1.54) is 6.07 Å². The minimum absolute atomic E-state index is 0.307. The van der Waals surface area contributed by atoms with Crippen molar-refractivity contribution in [1.29, 1.82) is 0 Å². The van der Waals surface area contributed by atoms with E-state index in [-0.39, 0.29) is 5.82 Å². The van der Waals surface area contributed by atoms with Crippen LogP contribution in [0.15, 0.2) is 54.7 Å². The van der Waals surface area contributed by atoms with Gasteiger partial charge in [-0.2, -0.15) is 9.97 Å². The molecule has 1 fully saturated rings. The van der Waals surface area contributed by atoms with E-state index >= 15 is 4.39 Å². The summed E-state index contributed by atoms with van der Waals surface area (Å²) in [6.07, 6.45) is 3.75. The van der Waals surface area contributed by atoms with Crippen molar-refractivity contribution in [3.8, 4) is 0 Å². The molecular weight excluding hydrogens is 672 g/mol. The van der Waals surface area contributed by atoms with E-state index < -0.39 is 22.1 Å². The first-order valence-corrected chi connectivity index (χ1v) is 22.1. The number of nitrogens with zero attached hydrogens (tertiary/aromatic N) is 5. The highest BCUT2D eigenvalue weighted by atomic mass is 31.2. The first-order chi connectivity index (χ1) is 23.7. The molecule has 11 nitrogen and oxygen atoms in total. The summed E-state index contributed by atoms with van der Waals surface area (Å²) < 4.78 is 35.0. The SMILES string of the molecule is COP(OC)c1ccccc1Nc1nc(Nc2ccc(N3CCC(N(C)CC(C)(C)O)CC3)c(F)c2)nc2c1ccn2COCC[Si](C)(C)C. The van der Waals surface area contributed by atoms with Gasteiger partial charge in [-0.05, 0) is 76.2 Å². The largest absolute Gasteiger partial charge is 0.389 e. The minimum atomic E-state index is -1.30. The topological polar surface area (TPSA) is 109 Å². The predicted molar refractivity (Wildman–Crippen MR) is 206 cm³/mol. The fourth-order valence-corrected chi connectivity index (χ4v) is 8.09. The number of anilines is 5. The van der Waals surface area contributed by atoms with Crippen molar-refractivity contribution < 1.29 is 23.3 Å². The normalized spacial score (nSPS) is 14.7. The molecule has 0 atom stereocenters. The van der Waals surface area contributed by atoms with Crippen LogP contribution in [0, 0.1) is 5.82 Å². The Morgan fingerprint density at radius 3 is 2.42 bits per heavy atom. The number of nitrogens with one attached hydrogen (secondary N) is 2. The van der Waals surface area contributed by atoms with Crippen molar-refractivity contribution in [3.63, 3.8) is 0 Å². The number of likely N-dealkylation sites (N-methyl/N-ethyl adjacent to an activating group) is 1. The van der Waals surface area contributed by atoms with Gasteiger partial charge in [-0.1, -0.05) is 31.8 Å². The van der Waals surface area contributed by atoms with Crippen molar-refractivity contribution in [2.45, 2.75) is 70.7 Å². The quantitative estimate of drug-likeness (QED) is 0.0620. The number of aliphatic hydroxyl groups is 1. The van der Waals surface area contributed by atoms with Crippen LogP contribution in [-0.2, 0) is 20.5 Å². The van der Waals surface area contributed by atoms with Crippen molar-refractivity contribution in [2.24, 2.45) is 0 Å². The Kier molecular flexibility index (Phi) is 12.5. The molecule has 0 spiro atoms. The summed E-state index contributed by atoms with van der Waals surface area (Å²) in [6, 6.07) is 16.4. The monoisotopic (exact) mass is 725 g/mol. The highest BCUT2D eigenvalue weighted by Gasteiger charge is 2.27. The predicted octanol–water partition coefficient (Wildman–Crippen LogP) is 7.27. The molecule has 5 rings (SSSR count). The van der Waals surface area contributed by atoms with Crippen LogP contribution in [-0.4, -0.2) is 91.8 Å². The maximum atomic E-state index is 15.7. The van der Waals surface area contributed by atoms with E-state index in [1.807, 2.05) is 74.1 Å². The molecule has 14 heteroatoms. The molecule has 0 saturated carbocycles. The number of para-hydroxylation sites is 1. The molecule has 272 valence electrons. The van der Waals surface area contributed by atoms with Gasteiger partial charge in [-0.3, -0.25) is 0 Å². The van der Waals surface area contributed by atoms with Gasteiger partial charge in [0.15, 0.2) is 0 Å². The third-order valence-corrected chi connectivity index (χ3v) is 12.0. The Hall–Kier alpha value is -3.16. The second-order valence-electron chi connectivity index (χ2n) is 14.8. The summed E-state index contributed by atoms with van der Waals surface area (Å²) in [5, 5.41) is 18.7. The van der Waals surface area contributed by atoms with Gasteiger partial charge in [0.05, 0.1) is 27.7 Å². The number of halogens is 1. The fourth-order valence-electron chi connectivity index (χ4n) is 6.26. The van der Waals surface area contributed by atoms with Crippen LogP contribution in [0.3, 0.4) is 0 Å². The molecule has 4 aromatic rings. The van der Waals surface area contributed by atoms with E-state index in [0.29, 0.717) is 54.7 Å². The van der Waals surface area contributed by atoms with E-state index in [4.69, 9.17) is 23.8 Å². The molecule has 0 unspecified atom stereocenters. The Morgan fingerprint density at radius 2 is 1.76 bits per heavy atom. The Labute approximate surface area is 298 Å². The maximum absolute atomic E-state index is 15.7. The number of rotatable bonds is 16. The van der Waals surface area contributed by atoms with Crippen LogP contribution < -0.4 is 20.8 Å². The van der Waals surface area contributed by atoms with Gasteiger partial charge in [0, 0.05) is 66.5 Å². The molecule has 1 aliphatic rings. The zero-order valence-corrected chi connectivity index (χ0v) is 32.6. The molecule has 2 aromatic heterocycles. The first kappa shape index (κ1) is 38.1. The molecule has 0 amide bonds. The highest BCUT2D eigenvalue weighted by Crippen LogP contribution is 2.39. The molecule has 3 N–H and O–H groups in total. The molecule has 0 aliphatic carbocycles. The molecule has 50 heavy (non-hydrogen) atoms. The van der Waals surface area contributed by atoms with Gasteiger partial charge in [-0.25, -0.2) is 4.39 Å². The number of hydrogen-bond donors (Lipinski definition) is 3. The lowest BCUT2D eigenvalue weighted by atomic mass is 10.0. The molecule has 2 aromatic carbocycles. The average molecular weight is 726 g/mol. The molecule has 1 saturated heterocycles. The highest BCUT2D eigenvalue weighted by molar-refractivity contribution is 7.56. The van der Waals surface area contributed by atoms with Crippen molar-refractivity contribution in [2.75, 3.05) is 63.0 Å². The van der Waals surface area contributed by atoms with Gasteiger partial charge in [-0.15, -0.1) is 0 Å². The smallest absolute Gasteiger partial charge is 0.231 e. The van der Waals surface area contributed by atoms with Crippen LogP contribution in [0.4, 0.5) is 33.2 Å². The summed E-state index contributed by atoms with van der Waals surface area (Å²) in [5.74, 6) is 0.601. The second kappa shape index (κ2) is 16.5. The third-order valence-electron chi connectivity index (χ3n) is 8.80. The Balaban J connectivity index is 1.38. The number of fused-ring (bicyclic) bond motifs is 1. The lowest BCUT2D eigenvalue weighted by Crippen LogP contribution is -2.47. The zero-order valence-electron chi connectivity index (χ0n) is 30.7. The van der Waals surface area contributed by atoms with Crippen molar-refractivity contribution in [3.05, 3.63) is 60.5 Å². The van der Waals surface area contributed by atoms with Crippen LogP contribution in [0.2, 0.25) is 25.7 Å². The van der Waals surface area contributed by atoms with E-state index in [2.05, 4.69) is 40.1 Å². The molecule has 1 aliphatic heterocycles. The van der Waals surface area contributed by atoms with Gasteiger partial charge in [0.25, 0.3) is 0 Å². The van der Waals surface area contributed by atoms with Gasteiger partial charge in [0.2, 0.25) is 14.3 Å². The van der Waals surface area contributed by atoms with Gasteiger partial charge in [0.1, 0.15) is 24.0 Å². The van der Waals surface area contributed by atoms with E-state index in [0.717, 1.165) is 48.4 Å². The number of aromatic nitrogens is 3. The summed E-state index contributed by atoms with van der Waals surface area (Å²) in [7, 11) is 2.77. The molecule has 0 bridgehead atoms. The van der Waals surface area contributed by atoms with Gasteiger partial charge < -0.3 is 43.9 Å². The average Bonchev–Trinajstić information content (AvgIpc) is 3.46. The first-order valence-electron chi connectivity index (χ1n) is 17.2. The van der Waals surface area contributed by atoms with E-state index in [9.17, 15) is 5.11 Å². The van der Waals surface area contributed by atoms with Gasteiger partial charge >= 0.3 is 0 Å². The molecular formula is C36H53FN7O4PSi. The van der Waals surface area contributed by atoms with Crippen molar-refractivity contribution >= 4 is 61.6 Å². The lowest BCUT2D eigenvalue weighted by Gasteiger charge is -2.39. The number of hydrogen-bond acceptors (Lipinski definition) is 10. The number of piperidine rings is 1. The third kappa shape index (κ3) is 10.00. The minimum Gasteiger partial charge on any atom is -0.389 e. The standard InChI is InChI=1S/C36H53FN7O4PSi/c1-36(2,45)24-42(3)27-15-18-43(19-16-27)31-14-13-26(23-29(31)37)38-35-40-33(39-30-11-9-10-12-32(30)49(46-4)47-5)28-17-20-44(34(28)41-35)25-48-21-22-50(6,7)8/h9-14,17,20,23,27,45H,15-16,18-19,21-22,24-25H2,1-8H3,(H2,38,39,40,41). The number of benzene rings is 2. The Bertz CT molecular complexity index is 1720. The second-order valence-corrected chi connectivity index (χ2v) is 22.1. The molecule has 0 radical (unpaired) electrons. The fraction of sp³-hybridized carbons (Fsp3) is 0.500. The summed E-state index contributed by atoms with van der Waals surface area (Å²) in [5.41, 5.74) is 1.86. The zero-order chi connectivity index (χ0) is 36.1. The van der Waals surface area contributed by atoms with Crippen LogP contribution in [0.25, 0.3) is 11.0 Å². The van der Waals surface area contributed by atoms with Crippen LogP contribution in [0.5, 0.6) is 0 Å². The summed E-state index contributed by atoms with van der Waals surface area (Å²) >= 11 is 0.